The highest BCUT2D eigenvalue weighted by molar-refractivity contribution is 7.09. The van der Waals surface area contributed by atoms with Crippen molar-refractivity contribution in [2.45, 2.75) is 38.1 Å². The minimum Gasteiger partial charge on any atom is -0.394 e. The third kappa shape index (κ3) is 4.18. The summed E-state index contributed by atoms with van der Waals surface area (Å²) in [6.45, 7) is 1.91. The number of hydrogen-bond acceptors (Lipinski definition) is 4. The van der Waals surface area contributed by atoms with Crippen LogP contribution >= 0.6 is 11.3 Å². The summed E-state index contributed by atoms with van der Waals surface area (Å²) < 4.78 is 0. The molecule has 0 saturated heterocycles. The third-order valence-corrected chi connectivity index (χ3v) is 5.27. The lowest BCUT2D eigenvalue weighted by atomic mass is 9.96. The SMILES string of the molecule is CC(CO)(NC(=O)Cc1csc(Cc2ccccc2)n1)C1CC1. The van der Waals surface area contributed by atoms with E-state index >= 15 is 0 Å². The van der Waals surface area contributed by atoms with Crippen LogP contribution in [0.5, 0.6) is 0 Å². The summed E-state index contributed by atoms with van der Waals surface area (Å²) in [4.78, 5) is 16.8. The van der Waals surface area contributed by atoms with Crippen molar-refractivity contribution < 1.29 is 9.90 Å². The minimum atomic E-state index is -0.486. The van der Waals surface area contributed by atoms with E-state index in [4.69, 9.17) is 0 Å². The molecule has 1 aromatic carbocycles. The van der Waals surface area contributed by atoms with Crippen molar-refractivity contribution in [1.29, 1.82) is 0 Å². The molecule has 1 aliphatic carbocycles. The largest absolute Gasteiger partial charge is 0.394 e. The number of carbonyl (C=O) groups is 1. The van der Waals surface area contributed by atoms with Gasteiger partial charge in [0, 0.05) is 11.8 Å². The molecule has 1 saturated carbocycles. The fourth-order valence-corrected chi connectivity index (χ4v) is 3.63. The van der Waals surface area contributed by atoms with Crippen molar-refractivity contribution in [2.75, 3.05) is 6.61 Å². The first-order valence-electron chi connectivity index (χ1n) is 7.98. The lowest BCUT2D eigenvalue weighted by molar-refractivity contribution is -0.123. The highest BCUT2D eigenvalue weighted by atomic mass is 32.1. The van der Waals surface area contributed by atoms with Gasteiger partial charge in [0.05, 0.1) is 29.3 Å². The molecule has 1 aliphatic rings. The summed E-state index contributed by atoms with van der Waals surface area (Å²) in [6.07, 6.45) is 3.22. The molecule has 1 fully saturated rings. The Kier molecular flexibility index (Phi) is 4.78. The molecule has 2 aromatic rings. The molecule has 1 atom stereocenters. The fraction of sp³-hybridized carbons (Fsp3) is 0.444. The number of nitrogens with one attached hydrogen (secondary N) is 1. The van der Waals surface area contributed by atoms with E-state index in [-0.39, 0.29) is 18.9 Å². The third-order valence-electron chi connectivity index (χ3n) is 4.37. The van der Waals surface area contributed by atoms with Crippen molar-refractivity contribution in [3.63, 3.8) is 0 Å². The van der Waals surface area contributed by atoms with Gasteiger partial charge >= 0.3 is 0 Å². The molecule has 4 nitrogen and oxygen atoms in total. The van der Waals surface area contributed by atoms with Gasteiger partial charge in [0.15, 0.2) is 0 Å². The number of aliphatic hydroxyl groups excluding tert-OH is 1. The lowest BCUT2D eigenvalue weighted by Crippen LogP contribution is -2.51. The number of thiazole rings is 1. The Bertz CT molecular complexity index is 667. The molecule has 5 heteroatoms. The number of aromatic nitrogens is 1. The van der Waals surface area contributed by atoms with E-state index in [1.54, 1.807) is 11.3 Å². The second-order valence-electron chi connectivity index (χ2n) is 6.47. The van der Waals surface area contributed by atoms with Crippen LogP contribution in [0.1, 0.15) is 36.0 Å². The van der Waals surface area contributed by atoms with Crippen LogP contribution in [0.25, 0.3) is 0 Å². The van der Waals surface area contributed by atoms with Crippen LogP contribution in [0, 0.1) is 5.92 Å². The average molecular weight is 330 g/mol. The summed E-state index contributed by atoms with van der Waals surface area (Å²) >= 11 is 1.59. The van der Waals surface area contributed by atoms with Crippen LogP contribution in [0.2, 0.25) is 0 Å². The maximum absolute atomic E-state index is 12.2. The van der Waals surface area contributed by atoms with E-state index in [0.717, 1.165) is 30.0 Å². The normalized spacial score (nSPS) is 16.8. The van der Waals surface area contributed by atoms with Crippen LogP contribution in [-0.2, 0) is 17.6 Å². The predicted octanol–water partition coefficient (Wildman–Crippen LogP) is 2.55. The van der Waals surface area contributed by atoms with Crippen molar-refractivity contribution in [1.82, 2.24) is 10.3 Å². The van der Waals surface area contributed by atoms with Crippen LogP contribution in [0.4, 0.5) is 0 Å². The van der Waals surface area contributed by atoms with E-state index < -0.39 is 5.54 Å². The topological polar surface area (TPSA) is 62.2 Å². The van der Waals surface area contributed by atoms with Gasteiger partial charge in [0.25, 0.3) is 0 Å². The maximum Gasteiger partial charge on any atom is 0.226 e. The number of carbonyl (C=O) groups excluding carboxylic acids is 1. The first kappa shape index (κ1) is 16.1. The van der Waals surface area contributed by atoms with E-state index in [9.17, 15) is 9.90 Å². The van der Waals surface area contributed by atoms with Crippen LogP contribution < -0.4 is 5.32 Å². The van der Waals surface area contributed by atoms with Gasteiger partial charge in [-0.2, -0.15) is 0 Å². The van der Waals surface area contributed by atoms with Gasteiger partial charge in [-0.25, -0.2) is 4.98 Å². The summed E-state index contributed by atoms with van der Waals surface area (Å²) in [5.74, 6) is 0.338. The second-order valence-corrected chi connectivity index (χ2v) is 7.41. The summed E-state index contributed by atoms with van der Waals surface area (Å²) in [5, 5.41) is 15.5. The van der Waals surface area contributed by atoms with Gasteiger partial charge in [-0.1, -0.05) is 30.3 Å². The van der Waals surface area contributed by atoms with Gasteiger partial charge in [-0.3, -0.25) is 4.79 Å². The molecule has 1 amide bonds. The Hall–Kier alpha value is -1.72. The molecule has 1 unspecified atom stereocenters. The highest BCUT2D eigenvalue weighted by Gasteiger charge is 2.42. The number of rotatable bonds is 7. The van der Waals surface area contributed by atoms with Gasteiger partial charge < -0.3 is 10.4 Å². The number of amides is 1. The molecular formula is C18H22N2O2S. The zero-order chi connectivity index (χ0) is 16.3. The monoisotopic (exact) mass is 330 g/mol. The van der Waals surface area contributed by atoms with Crippen molar-refractivity contribution >= 4 is 17.2 Å². The number of hydrogen-bond donors (Lipinski definition) is 2. The highest BCUT2D eigenvalue weighted by Crippen LogP contribution is 2.39. The molecule has 122 valence electrons. The van der Waals surface area contributed by atoms with Gasteiger partial charge in [0.2, 0.25) is 5.91 Å². The molecule has 3 rings (SSSR count). The lowest BCUT2D eigenvalue weighted by Gasteiger charge is -2.28. The molecule has 0 bridgehead atoms. The first-order valence-corrected chi connectivity index (χ1v) is 8.86. The Balaban J connectivity index is 1.57. The van der Waals surface area contributed by atoms with Crippen LogP contribution in [0.3, 0.4) is 0 Å². The molecule has 0 spiro atoms. The van der Waals surface area contributed by atoms with E-state index in [1.807, 2.05) is 30.5 Å². The standard InChI is InChI=1S/C18H22N2O2S/c1-18(12-21,14-7-8-14)20-16(22)10-15-11-23-17(19-15)9-13-5-3-2-4-6-13/h2-6,11,14,21H,7-10,12H2,1H3,(H,20,22). The summed E-state index contributed by atoms with van der Waals surface area (Å²) in [5.41, 5.74) is 1.54. The Morgan fingerprint density at radius 3 is 2.78 bits per heavy atom. The molecule has 2 N–H and O–H groups in total. The van der Waals surface area contributed by atoms with E-state index in [2.05, 4.69) is 22.4 Å². The molecular weight excluding hydrogens is 308 g/mol. The van der Waals surface area contributed by atoms with Crippen molar-refractivity contribution in [2.24, 2.45) is 5.92 Å². The Morgan fingerprint density at radius 2 is 2.13 bits per heavy atom. The first-order chi connectivity index (χ1) is 11.1. The molecule has 23 heavy (non-hydrogen) atoms. The molecule has 1 heterocycles. The minimum absolute atomic E-state index is 0.0142. The Labute approximate surface area is 140 Å². The van der Waals surface area contributed by atoms with Crippen LogP contribution in [0.15, 0.2) is 35.7 Å². The number of benzene rings is 1. The predicted molar refractivity (Wildman–Crippen MR) is 91.4 cm³/mol. The molecule has 0 radical (unpaired) electrons. The van der Waals surface area contributed by atoms with Crippen LogP contribution in [-0.4, -0.2) is 28.1 Å². The van der Waals surface area contributed by atoms with E-state index in [0.29, 0.717) is 5.92 Å². The Morgan fingerprint density at radius 1 is 1.39 bits per heavy atom. The zero-order valence-corrected chi connectivity index (χ0v) is 14.1. The fourth-order valence-electron chi connectivity index (χ4n) is 2.80. The zero-order valence-electron chi connectivity index (χ0n) is 13.3. The van der Waals surface area contributed by atoms with Gasteiger partial charge in [-0.15, -0.1) is 11.3 Å². The van der Waals surface area contributed by atoms with E-state index in [1.165, 1.54) is 5.56 Å². The van der Waals surface area contributed by atoms with Crippen molar-refractivity contribution in [3.05, 3.63) is 52.0 Å². The summed E-state index contributed by atoms with van der Waals surface area (Å²) in [7, 11) is 0. The second kappa shape index (κ2) is 6.81. The number of nitrogens with zero attached hydrogens (tertiary/aromatic N) is 1. The summed E-state index contributed by atoms with van der Waals surface area (Å²) in [6, 6.07) is 10.2. The average Bonchev–Trinajstić information content (AvgIpc) is 3.32. The molecule has 0 aliphatic heterocycles. The van der Waals surface area contributed by atoms with Crippen molar-refractivity contribution in [3.8, 4) is 0 Å². The quantitative estimate of drug-likeness (QED) is 0.820. The van der Waals surface area contributed by atoms with Gasteiger partial charge in [0.1, 0.15) is 0 Å². The smallest absolute Gasteiger partial charge is 0.226 e. The molecule has 1 aromatic heterocycles. The maximum atomic E-state index is 12.2. The number of aliphatic hydroxyl groups is 1. The van der Waals surface area contributed by atoms with Gasteiger partial charge in [-0.05, 0) is 31.2 Å².